The average Bonchev–Trinajstić information content (AvgIpc) is 2.78. The average molecular weight is 457 g/mol. The number of amides is 1. The Morgan fingerprint density at radius 1 is 1.00 bits per heavy atom. The molecule has 0 saturated carbocycles. The molecule has 6 nitrogen and oxygen atoms in total. The second-order valence-corrected chi connectivity index (χ2v) is 9.39. The summed E-state index contributed by atoms with van der Waals surface area (Å²) in [6, 6.07) is 21.4. The zero-order valence-electron chi connectivity index (χ0n) is 17.3. The number of carbonyl (C=O) groups is 1. The Morgan fingerprint density at radius 2 is 1.71 bits per heavy atom. The van der Waals surface area contributed by atoms with Gasteiger partial charge in [-0.15, -0.1) is 11.8 Å². The maximum absolute atomic E-state index is 12.6. The molecule has 0 aliphatic carbocycles. The van der Waals surface area contributed by atoms with Crippen LogP contribution in [0, 0.1) is 6.92 Å². The minimum absolute atomic E-state index is 0.145. The number of aryl methyl sites for hydroxylation is 1. The lowest BCUT2D eigenvalue weighted by molar-refractivity contribution is -0.118. The Hall–Kier alpha value is -2.81. The number of hydrogen-bond donors (Lipinski definition) is 2. The monoisotopic (exact) mass is 456 g/mol. The van der Waals surface area contributed by atoms with Gasteiger partial charge in [0.15, 0.2) is 6.61 Å². The highest BCUT2D eigenvalue weighted by atomic mass is 32.2. The lowest BCUT2D eigenvalue weighted by Gasteiger charge is -2.13. The highest BCUT2D eigenvalue weighted by Gasteiger charge is 2.16. The number of nitrogens with one attached hydrogen (secondary N) is 2. The first-order chi connectivity index (χ1) is 14.9. The molecule has 1 amide bonds. The highest BCUT2D eigenvalue weighted by Crippen LogP contribution is 2.25. The molecule has 0 fully saturated rings. The highest BCUT2D eigenvalue weighted by molar-refractivity contribution is 7.98. The van der Waals surface area contributed by atoms with Gasteiger partial charge in [0.25, 0.3) is 5.91 Å². The van der Waals surface area contributed by atoms with Gasteiger partial charge in [-0.25, -0.2) is 13.1 Å². The third-order valence-electron chi connectivity index (χ3n) is 4.51. The van der Waals surface area contributed by atoms with E-state index in [4.69, 9.17) is 4.74 Å². The summed E-state index contributed by atoms with van der Waals surface area (Å²) in [4.78, 5) is 13.4. The maximum Gasteiger partial charge on any atom is 0.262 e. The van der Waals surface area contributed by atoms with Crippen molar-refractivity contribution in [3.05, 3.63) is 83.9 Å². The summed E-state index contributed by atoms with van der Waals surface area (Å²) in [5, 5.41) is 2.83. The molecule has 8 heteroatoms. The molecule has 0 bridgehead atoms. The van der Waals surface area contributed by atoms with E-state index in [0.29, 0.717) is 11.3 Å². The number of benzene rings is 3. The van der Waals surface area contributed by atoms with E-state index in [-0.39, 0.29) is 24.0 Å². The molecule has 0 heterocycles. The summed E-state index contributed by atoms with van der Waals surface area (Å²) < 4.78 is 33.4. The van der Waals surface area contributed by atoms with E-state index < -0.39 is 10.0 Å². The number of carbonyl (C=O) groups excluding carboxylic acids is 1. The van der Waals surface area contributed by atoms with Gasteiger partial charge in [0.2, 0.25) is 10.0 Å². The number of hydrogen-bond acceptors (Lipinski definition) is 5. The number of thioether (sulfide) groups is 1. The van der Waals surface area contributed by atoms with Gasteiger partial charge in [0, 0.05) is 11.4 Å². The lowest BCUT2D eigenvalue weighted by atomic mass is 10.2. The largest absolute Gasteiger partial charge is 0.483 e. The van der Waals surface area contributed by atoms with Crippen LogP contribution in [-0.2, 0) is 21.4 Å². The van der Waals surface area contributed by atoms with Crippen LogP contribution in [-0.4, -0.2) is 27.2 Å². The van der Waals surface area contributed by atoms with Gasteiger partial charge in [-0.1, -0.05) is 42.5 Å². The third-order valence-corrected chi connectivity index (χ3v) is 6.70. The van der Waals surface area contributed by atoms with Gasteiger partial charge in [0.05, 0.1) is 10.6 Å². The molecule has 0 unspecified atom stereocenters. The van der Waals surface area contributed by atoms with Crippen LogP contribution >= 0.6 is 11.8 Å². The molecule has 0 aromatic heterocycles. The molecule has 162 valence electrons. The fraction of sp³-hybridized carbons (Fsp3) is 0.174. The van der Waals surface area contributed by atoms with Crippen LogP contribution in [0.1, 0.15) is 11.1 Å². The number of anilines is 1. The van der Waals surface area contributed by atoms with Crippen molar-refractivity contribution in [1.29, 1.82) is 0 Å². The minimum atomic E-state index is -3.66. The van der Waals surface area contributed by atoms with Crippen molar-refractivity contribution in [2.45, 2.75) is 23.3 Å². The van der Waals surface area contributed by atoms with Crippen LogP contribution in [0.25, 0.3) is 0 Å². The fourth-order valence-electron chi connectivity index (χ4n) is 2.89. The zero-order valence-corrected chi connectivity index (χ0v) is 18.9. The van der Waals surface area contributed by atoms with Crippen molar-refractivity contribution in [3.8, 4) is 5.75 Å². The number of sulfonamides is 1. The van der Waals surface area contributed by atoms with Crippen molar-refractivity contribution in [2.75, 3.05) is 18.2 Å². The molecule has 0 aliphatic heterocycles. The molecule has 0 saturated heterocycles. The summed E-state index contributed by atoms with van der Waals surface area (Å²) >= 11 is 1.54. The molecule has 3 aromatic carbocycles. The number of para-hydroxylation sites is 1. The molecule has 0 aliphatic rings. The van der Waals surface area contributed by atoms with E-state index in [1.165, 1.54) is 12.1 Å². The minimum Gasteiger partial charge on any atom is -0.483 e. The second-order valence-electron chi connectivity index (χ2n) is 6.77. The smallest absolute Gasteiger partial charge is 0.262 e. The Morgan fingerprint density at radius 3 is 2.42 bits per heavy atom. The fourth-order valence-corrected chi connectivity index (χ4v) is 4.54. The van der Waals surface area contributed by atoms with Gasteiger partial charge in [-0.3, -0.25) is 4.79 Å². The Labute approximate surface area is 187 Å². The normalized spacial score (nSPS) is 11.2. The van der Waals surface area contributed by atoms with Crippen LogP contribution < -0.4 is 14.8 Å². The van der Waals surface area contributed by atoms with Gasteiger partial charge in [-0.05, 0) is 54.6 Å². The number of ether oxygens (including phenoxy) is 1. The predicted molar refractivity (Wildman–Crippen MR) is 124 cm³/mol. The van der Waals surface area contributed by atoms with Crippen molar-refractivity contribution in [3.63, 3.8) is 0 Å². The SMILES string of the molecule is CSc1ccccc1NC(=O)COc1ccc(S(=O)(=O)NCc2ccccc2)cc1C. The topological polar surface area (TPSA) is 84.5 Å². The van der Waals surface area contributed by atoms with Gasteiger partial charge in [0.1, 0.15) is 5.75 Å². The third kappa shape index (κ3) is 6.33. The van der Waals surface area contributed by atoms with Gasteiger partial charge < -0.3 is 10.1 Å². The maximum atomic E-state index is 12.6. The van der Waals surface area contributed by atoms with E-state index in [0.717, 1.165) is 16.1 Å². The van der Waals surface area contributed by atoms with Crippen LogP contribution in [0.3, 0.4) is 0 Å². The molecule has 0 atom stereocenters. The lowest BCUT2D eigenvalue weighted by Crippen LogP contribution is -2.23. The zero-order chi connectivity index (χ0) is 22.3. The Bertz CT molecular complexity index is 1150. The standard InChI is InChI=1S/C23H24N2O4S2/c1-17-14-19(31(27,28)24-15-18-8-4-3-5-9-18)12-13-21(17)29-16-23(26)25-20-10-6-7-11-22(20)30-2/h3-14,24H,15-16H2,1-2H3,(H,25,26). The first-order valence-corrected chi connectivity index (χ1v) is 12.3. The van der Waals surface area contributed by atoms with E-state index in [2.05, 4.69) is 10.0 Å². The Kier molecular flexibility index (Phi) is 7.73. The predicted octanol–water partition coefficient (Wildman–Crippen LogP) is 4.21. The van der Waals surface area contributed by atoms with Crippen LogP contribution in [0.5, 0.6) is 5.75 Å². The molecule has 0 radical (unpaired) electrons. The quantitative estimate of drug-likeness (QED) is 0.471. The molecular weight excluding hydrogens is 432 g/mol. The van der Waals surface area contributed by atoms with Crippen molar-refractivity contribution in [1.82, 2.24) is 4.72 Å². The Balaban J connectivity index is 1.60. The molecule has 31 heavy (non-hydrogen) atoms. The molecule has 3 rings (SSSR count). The van der Waals surface area contributed by atoms with Crippen molar-refractivity contribution >= 4 is 33.4 Å². The van der Waals surface area contributed by atoms with Gasteiger partial charge >= 0.3 is 0 Å². The van der Waals surface area contributed by atoms with Crippen LogP contribution in [0.15, 0.2) is 82.6 Å². The van der Waals surface area contributed by atoms with Crippen molar-refractivity contribution < 1.29 is 17.9 Å². The summed E-state index contributed by atoms with van der Waals surface area (Å²) in [6.07, 6.45) is 1.94. The summed E-state index contributed by atoms with van der Waals surface area (Å²) in [6.45, 7) is 1.77. The van der Waals surface area contributed by atoms with Crippen LogP contribution in [0.2, 0.25) is 0 Å². The summed E-state index contributed by atoms with van der Waals surface area (Å²) in [5.74, 6) is 0.164. The van der Waals surface area contributed by atoms with Crippen LogP contribution in [0.4, 0.5) is 5.69 Å². The van der Waals surface area contributed by atoms with E-state index >= 15 is 0 Å². The number of rotatable bonds is 9. The first-order valence-electron chi connectivity index (χ1n) is 9.59. The summed E-state index contributed by atoms with van der Waals surface area (Å²) in [7, 11) is -3.66. The molecular formula is C23H24N2O4S2. The van der Waals surface area contributed by atoms with Crippen molar-refractivity contribution in [2.24, 2.45) is 0 Å². The molecule has 2 N–H and O–H groups in total. The molecule has 3 aromatic rings. The van der Waals surface area contributed by atoms with E-state index in [1.807, 2.05) is 60.9 Å². The summed E-state index contributed by atoms with van der Waals surface area (Å²) in [5.41, 5.74) is 2.22. The van der Waals surface area contributed by atoms with E-state index in [1.54, 1.807) is 24.8 Å². The molecule has 0 spiro atoms. The second kappa shape index (κ2) is 10.5. The first kappa shape index (κ1) is 22.9. The van der Waals surface area contributed by atoms with E-state index in [9.17, 15) is 13.2 Å². The van der Waals surface area contributed by atoms with Gasteiger partial charge in [-0.2, -0.15) is 0 Å².